The molecule has 0 aliphatic heterocycles. The average Bonchev–Trinajstić information content (AvgIpc) is 2.89. The molecule has 25 heavy (non-hydrogen) atoms. The molecule has 0 unspecified atom stereocenters. The quantitative estimate of drug-likeness (QED) is 0.656. The van der Waals surface area contributed by atoms with E-state index in [4.69, 9.17) is 14.2 Å². The number of nitrogens with zero attached hydrogens (tertiary/aromatic N) is 1. The van der Waals surface area contributed by atoms with E-state index in [0.29, 0.717) is 18.0 Å². The Labute approximate surface area is 153 Å². The second-order valence-corrected chi connectivity index (χ2v) is 7.80. The highest BCUT2D eigenvalue weighted by molar-refractivity contribution is 7.20. The Hall–Kier alpha value is -1.79. The second kappa shape index (κ2) is 8.54. The Kier molecular flexibility index (Phi) is 6.67. The summed E-state index contributed by atoms with van der Waals surface area (Å²) in [6, 6.07) is 5.68. The van der Waals surface area contributed by atoms with Gasteiger partial charge in [0.05, 0.1) is 12.2 Å². The summed E-state index contributed by atoms with van der Waals surface area (Å²) in [6.07, 6.45) is 0.104. The van der Waals surface area contributed by atoms with Gasteiger partial charge in [0.1, 0.15) is 23.0 Å². The van der Waals surface area contributed by atoms with Gasteiger partial charge >= 0.3 is 5.97 Å². The fourth-order valence-corrected chi connectivity index (χ4v) is 3.27. The van der Waals surface area contributed by atoms with Crippen LogP contribution in [0.15, 0.2) is 18.2 Å². The normalized spacial score (nSPS) is 11.6. The third kappa shape index (κ3) is 5.61. The number of carbonyl (C=O) groups excluding carboxylic acids is 1. The molecule has 0 N–H and O–H groups in total. The molecule has 0 bridgehead atoms. The van der Waals surface area contributed by atoms with Gasteiger partial charge in [-0.1, -0.05) is 0 Å². The van der Waals surface area contributed by atoms with Crippen molar-refractivity contribution < 1.29 is 19.0 Å². The highest BCUT2D eigenvalue weighted by Crippen LogP contribution is 2.38. The molecule has 1 aromatic heterocycles. The van der Waals surface area contributed by atoms with Gasteiger partial charge in [-0.2, -0.15) is 0 Å². The van der Waals surface area contributed by atoms with Crippen LogP contribution in [0.3, 0.4) is 0 Å². The summed E-state index contributed by atoms with van der Waals surface area (Å²) in [5, 5.41) is 0.911. The summed E-state index contributed by atoms with van der Waals surface area (Å²) >= 11 is 1.40. The lowest BCUT2D eigenvalue weighted by molar-refractivity contribution is 0.0487. The molecule has 0 fully saturated rings. The maximum atomic E-state index is 12.3. The predicted octanol–water partition coefficient (Wildman–Crippen LogP) is 4.19. The number of ether oxygens (including phenoxy) is 3. The number of carbonyl (C=O) groups is 1. The van der Waals surface area contributed by atoms with Crippen molar-refractivity contribution in [3.63, 3.8) is 0 Å². The van der Waals surface area contributed by atoms with Crippen molar-refractivity contribution in [1.82, 2.24) is 4.90 Å². The monoisotopic (exact) mass is 365 g/mol. The molecule has 1 aromatic carbocycles. The van der Waals surface area contributed by atoms with Gasteiger partial charge in [-0.15, -0.1) is 11.3 Å². The largest absolute Gasteiger partial charge is 0.491 e. The van der Waals surface area contributed by atoms with Gasteiger partial charge in [0, 0.05) is 22.7 Å². The van der Waals surface area contributed by atoms with E-state index in [0.717, 1.165) is 21.6 Å². The highest BCUT2D eigenvalue weighted by atomic mass is 32.1. The van der Waals surface area contributed by atoms with Crippen LogP contribution in [-0.4, -0.2) is 50.3 Å². The maximum absolute atomic E-state index is 12.3. The van der Waals surface area contributed by atoms with Gasteiger partial charge in [-0.05, 0) is 53.9 Å². The molecule has 0 aliphatic rings. The molecule has 0 saturated heterocycles. The summed E-state index contributed by atoms with van der Waals surface area (Å²) in [5.74, 6) is 1.17. The molecular formula is C19H27NO4S. The van der Waals surface area contributed by atoms with Crippen molar-refractivity contribution in [1.29, 1.82) is 0 Å². The predicted molar refractivity (Wildman–Crippen MR) is 102 cm³/mol. The molecule has 0 radical (unpaired) electrons. The fourth-order valence-electron chi connectivity index (χ4n) is 2.27. The zero-order valence-electron chi connectivity index (χ0n) is 15.8. The van der Waals surface area contributed by atoms with Crippen LogP contribution >= 0.6 is 11.3 Å². The Morgan fingerprint density at radius 2 is 1.76 bits per heavy atom. The van der Waals surface area contributed by atoms with Crippen LogP contribution in [0.4, 0.5) is 0 Å². The number of thiophene rings is 1. The van der Waals surface area contributed by atoms with Gasteiger partial charge in [0.15, 0.2) is 0 Å². The molecule has 5 nitrogen and oxygen atoms in total. The maximum Gasteiger partial charge on any atom is 0.348 e. The molecule has 6 heteroatoms. The van der Waals surface area contributed by atoms with Crippen molar-refractivity contribution in [2.45, 2.75) is 39.9 Å². The molecule has 0 atom stereocenters. The lowest BCUT2D eigenvalue weighted by atomic mass is 10.2. The van der Waals surface area contributed by atoms with E-state index in [1.807, 2.05) is 64.9 Å². The van der Waals surface area contributed by atoms with Crippen molar-refractivity contribution in [2.75, 3.05) is 27.2 Å². The van der Waals surface area contributed by atoms with Crippen LogP contribution in [0.1, 0.15) is 37.4 Å². The van der Waals surface area contributed by atoms with Crippen LogP contribution in [-0.2, 0) is 4.74 Å². The molecule has 0 aliphatic carbocycles. The van der Waals surface area contributed by atoms with Crippen molar-refractivity contribution in [3.8, 4) is 11.5 Å². The minimum Gasteiger partial charge on any atom is -0.491 e. The first-order valence-electron chi connectivity index (χ1n) is 8.49. The number of esters is 1. The van der Waals surface area contributed by atoms with Crippen molar-refractivity contribution >= 4 is 27.4 Å². The standard InChI is InChI=1S/C19H27NO4S/c1-12(2)23-14-9-16(24-13(3)4)15-11-18(25-17(15)10-14)19(21)22-8-7-20(5)6/h9-13H,7-8H2,1-6H3. The fraction of sp³-hybridized carbons (Fsp3) is 0.526. The molecule has 2 rings (SSSR count). The molecule has 2 aromatic rings. The van der Waals surface area contributed by atoms with Gasteiger partial charge in [-0.3, -0.25) is 0 Å². The first-order valence-corrected chi connectivity index (χ1v) is 9.30. The Balaban J connectivity index is 2.30. The van der Waals surface area contributed by atoms with E-state index in [2.05, 4.69) is 0 Å². The summed E-state index contributed by atoms with van der Waals surface area (Å²) in [5.41, 5.74) is 0. The smallest absolute Gasteiger partial charge is 0.348 e. The van der Waals surface area contributed by atoms with Crippen LogP contribution in [0.25, 0.3) is 10.1 Å². The van der Waals surface area contributed by atoms with E-state index in [9.17, 15) is 4.79 Å². The molecule has 0 spiro atoms. The zero-order chi connectivity index (χ0) is 18.6. The number of rotatable bonds is 8. The first kappa shape index (κ1) is 19.5. The molecule has 0 saturated carbocycles. The topological polar surface area (TPSA) is 48.0 Å². The van der Waals surface area contributed by atoms with Gasteiger partial charge in [0.2, 0.25) is 0 Å². The van der Waals surface area contributed by atoms with E-state index < -0.39 is 0 Å². The summed E-state index contributed by atoms with van der Waals surface area (Å²) < 4.78 is 18.0. The average molecular weight is 365 g/mol. The molecule has 1 heterocycles. The summed E-state index contributed by atoms with van der Waals surface area (Å²) in [4.78, 5) is 14.8. The summed E-state index contributed by atoms with van der Waals surface area (Å²) in [6.45, 7) is 8.99. The van der Waals surface area contributed by atoms with E-state index in [1.165, 1.54) is 11.3 Å². The summed E-state index contributed by atoms with van der Waals surface area (Å²) in [7, 11) is 3.89. The molecule has 0 amide bonds. The lowest BCUT2D eigenvalue weighted by Crippen LogP contribution is -2.19. The van der Waals surface area contributed by atoms with Gasteiger partial charge in [0.25, 0.3) is 0 Å². The Morgan fingerprint density at radius 1 is 1.08 bits per heavy atom. The van der Waals surface area contributed by atoms with E-state index in [-0.39, 0.29) is 18.2 Å². The second-order valence-electron chi connectivity index (χ2n) is 6.72. The van der Waals surface area contributed by atoms with Crippen LogP contribution in [0.2, 0.25) is 0 Å². The zero-order valence-corrected chi connectivity index (χ0v) is 16.6. The third-order valence-corrected chi connectivity index (χ3v) is 4.34. The molecule has 138 valence electrons. The Morgan fingerprint density at radius 3 is 2.36 bits per heavy atom. The van der Waals surface area contributed by atoms with Crippen molar-refractivity contribution in [2.24, 2.45) is 0 Å². The van der Waals surface area contributed by atoms with Crippen LogP contribution < -0.4 is 9.47 Å². The number of hydrogen-bond donors (Lipinski definition) is 0. The lowest BCUT2D eigenvalue weighted by Gasteiger charge is -2.14. The highest BCUT2D eigenvalue weighted by Gasteiger charge is 2.17. The first-order chi connectivity index (χ1) is 11.8. The third-order valence-electron chi connectivity index (χ3n) is 3.28. The SMILES string of the molecule is CC(C)Oc1cc(OC(C)C)c2cc(C(=O)OCCN(C)C)sc2c1. The minimum absolute atomic E-state index is 0.0351. The number of benzene rings is 1. The van der Waals surface area contributed by atoms with Crippen LogP contribution in [0.5, 0.6) is 11.5 Å². The Bertz CT molecular complexity index is 722. The molecular weight excluding hydrogens is 338 g/mol. The van der Waals surface area contributed by atoms with Crippen molar-refractivity contribution in [3.05, 3.63) is 23.1 Å². The van der Waals surface area contributed by atoms with E-state index in [1.54, 1.807) is 0 Å². The van der Waals surface area contributed by atoms with Gasteiger partial charge < -0.3 is 19.1 Å². The number of likely N-dealkylation sites (N-methyl/N-ethyl adjacent to an activating group) is 1. The number of hydrogen-bond acceptors (Lipinski definition) is 6. The van der Waals surface area contributed by atoms with E-state index >= 15 is 0 Å². The number of fused-ring (bicyclic) bond motifs is 1. The van der Waals surface area contributed by atoms with Crippen LogP contribution in [0, 0.1) is 0 Å². The van der Waals surface area contributed by atoms with Gasteiger partial charge in [-0.25, -0.2) is 4.79 Å². The minimum atomic E-state index is -0.301.